The number of anilines is 1. The minimum absolute atomic E-state index is 0.128. The highest BCUT2D eigenvalue weighted by Gasteiger charge is 2.38. The maximum Gasteiger partial charge on any atom is 0.425 e. The lowest BCUT2D eigenvalue weighted by atomic mass is 10.2. The predicted molar refractivity (Wildman–Crippen MR) is 60.1 cm³/mol. The van der Waals surface area contributed by atoms with E-state index in [2.05, 4.69) is 9.97 Å². The molecule has 0 aliphatic carbocycles. The van der Waals surface area contributed by atoms with Crippen LogP contribution in [0.25, 0.3) is 10.9 Å². The minimum atomic E-state index is -4.45. The van der Waals surface area contributed by atoms with E-state index in [0.717, 1.165) is 13.3 Å². The summed E-state index contributed by atoms with van der Waals surface area (Å²) in [6.07, 6.45) is -5.24. The lowest BCUT2D eigenvalue weighted by Gasteiger charge is -2.17. The van der Waals surface area contributed by atoms with Crippen LogP contribution in [0, 0.1) is 0 Å². The Bertz CT molecular complexity index is 571. The molecule has 1 aromatic heterocycles. The number of fused-ring (bicyclic) bond motifs is 1. The van der Waals surface area contributed by atoms with Gasteiger partial charge in [0.25, 0.3) is 0 Å². The van der Waals surface area contributed by atoms with Gasteiger partial charge in [-0.3, -0.25) is 0 Å². The zero-order valence-electron chi connectivity index (χ0n) is 9.40. The molecule has 4 nitrogen and oxygen atoms in total. The van der Waals surface area contributed by atoms with E-state index in [4.69, 9.17) is 10.5 Å². The van der Waals surface area contributed by atoms with Crippen LogP contribution in [0.3, 0.4) is 0 Å². The Balaban J connectivity index is 2.42. The Labute approximate surface area is 101 Å². The second-order valence-electron chi connectivity index (χ2n) is 3.76. The average Bonchev–Trinajstić information content (AvgIpc) is 2.28. The first kappa shape index (κ1) is 12.4. The Morgan fingerprint density at radius 3 is 2.67 bits per heavy atom. The predicted octanol–water partition coefficient (Wildman–Crippen LogP) is 2.54. The number of aromatic nitrogens is 2. The van der Waals surface area contributed by atoms with Crippen LogP contribution in [0.5, 0.6) is 5.88 Å². The second kappa shape index (κ2) is 4.32. The van der Waals surface area contributed by atoms with E-state index in [1.54, 1.807) is 12.1 Å². The molecule has 0 fully saturated rings. The molecule has 18 heavy (non-hydrogen) atoms. The second-order valence-corrected chi connectivity index (χ2v) is 3.76. The number of benzene rings is 1. The maximum absolute atomic E-state index is 12.4. The highest BCUT2D eigenvalue weighted by Crippen LogP contribution is 2.28. The van der Waals surface area contributed by atoms with Crippen molar-refractivity contribution in [3.8, 4) is 5.88 Å². The van der Waals surface area contributed by atoms with Crippen LogP contribution in [0.2, 0.25) is 0 Å². The molecule has 0 aliphatic rings. The van der Waals surface area contributed by atoms with Gasteiger partial charge in [0.15, 0.2) is 6.10 Å². The molecule has 0 saturated carbocycles. The number of ether oxygens (including phenoxy) is 1. The number of hydrogen-bond acceptors (Lipinski definition) is 4. The molecule has 0 radical (unpaired) electrons. The van der Waals surface area contributed by atoms with Crippen molar-refractivity contribution >= 4 is 16.6 Å². The summed E-state index contributed by atoms with van der Waals surface area (Å²) in [5.74, 6) is -0.128. The van der Waals surface area contributed by atoms with E-state index in [9.17, 15) is 13.2 Å². The summed E-state index contributed by atoms with van der Waals surface area (Å²) in [7, 11) is 0. The third-order valence-electron chi connectivity index (χ3n) is 2.37. The van der Waals surface area contributed by atoms with E-state index >= 15 is 0 Å². The number of alkyl halides is 3. The lowest BCUT2D eigenvalue weighted by molar-refractivity contribution is -0.189. The SMILES string of the molecule is CC(Oc1ncnc2ccc(N)cc12)C(F)(F)F. The summed E-state index contributed by atoms with van der Waals surface area (Å²) in [4.78, 5) is 7.64. The molecule has 1 atom stereocenters. The molecule has 2 aromatic rings. The van der Waals surface area contributed by atoms with Gasteiger partial charge in [-0.15, -0.1) is 0 Å². The van der Waals surface area contributed by atoms with Crippen molar-refractivity contribution in [2.45, 2.75) is 19.2 Å². The van der Waals surface area contributed by atoms with E-state index < -0.39 is 12.3 Å². The van der Waals surface area contributed by atoms with Crippen LogP contribution < -0.4 is 10.5 Å². The van der Waals surface area contributed by atoms with Crippen molar-refractivity contribution in [3.63, 3.8) is 0 Å². The molecule has 1 unspecified atom stereocenters. The summed E-state index contributed by atoms with van der Waals surface area (Å²) < 4.78 is 42.1. The van der Waals surface area contributed by atoms with E-state index in [1.165, 1.54) is 6.07 Å². The van der Waals surface area contributed by atoms with Crippen molar-refractivity contribution in [1.29, 1.82) is 0 Å². The standard InChI is InChI=1S/C11H10F3N3O/c1-6(11(12,13)14)18-10-8-4-7(15)2-3-9(8)16-5-17-10/h2-6H,15H2,1H3. The lowest BCUT2D eigenvalue weighted by Crippen LogP contribution is -2.31. The molecular formula is C11H10F3N3O. The first-order valence-electron chi connectivity index (χ1n) is 5.11. The fraction of sp³-hybridized carbons (Fsp3) is 0.273. The van der Waals surface area contributed by atoms with Crippen molar-refractivity contribution < 1.29 is 17.9 Å². The van der Waals surface area contributed by atoms with Crippen LogP contribution in [0.1, 0.15) is 6.92 Å². The van der Waals surface area contributed by atoms with Gasteiger partial charge in [0, 0.05) is 5.69 Å². The van der Waals surface area contributed by atoms with Gasteiger partial charge in [-0.2, -0.15) is 13.2 Å². The Morgan fingerprint density at radius 1 is 1.28 bits per heavy atom. The fourth-order valence-electron chi connectivity index (χ4n) is 1.38. The average molecular weight is 257 g/mol. The number of nitrogens with zero attached hydrogens (tertiary/aromatic N) is 2. The zero-order chi connectivity index (χ0) is 13.3. The Morgan fingerprint density at radius 2 is 2.00 bits per heavy atom. The van der Waals surface area contributed by atoms with Crippen LogP contribution in [-0.2, 0) is 0 Å². The van der Waals surface area contributed by atoms with Crippen molar-refractivity contribution in [3.05, 3.63) is 24.5 Å². The molecule has 0 bridgehead atoms. The smallest absolute Gasteiger partial charge is 0.425 e. The third-order valence-corrected chi connectivity index (χ3v) is 2.37. The number of halogens is 3. The topological polar surface area (TPSA) is 61.0 Å². The normalized spacial score (nSPS) is 13.6. The molecule has 0 amide bonds. The number of nitrogens with two attached hydrogens (primary N) is 1. The molecule has 0 saturated heterocycles. The van der Waals surface area contributed by atoms with Gasteiger partial charge in [0.05, 0.1) is 10.9 Å². The summed E-state index contributed by atoms with van der Waals surface area (Å²) in [6.45, 7) is 0.917. The first-order valence-corrected chi connectivity index (χ1v) is 5.11. The fourth-order valence-corrected chi connectivity index (χ4v) is 1.38. The first-order chi connectivity index (χ1) is 8.38. The van der Waals surface area contributed by atoms with Gasteiger partial charge in [0.2, 0.25) is 5.88 Å². The third kappa shape index (κ3) is 2.44. The van der Waals surface area contributed by atoms with E-state index in [1.807, 2.05) is 0 Å². The zero-order valence-corrected chi connectivity index (χ0v) is 9.40. The molecule has 2 rings (SSSR count). The Kier molecular flexibility index (Phi) is 2.98. The molecule has 0 spiro atoms. The van der Waals surface area contributed by atoms with Gasteiger partial charge in [-0.05, 0) is 25.1 Å². The molecule has 2 N–H and O–H groups in total. The molecule has 96 valence electrons. The summed E-state index contributed by atoms with van der Waals surface area (Å²) in [6, 6.07) is 4.68. The summed E-state index contributed by atoms with van der Waals surface area (Å²) in [5.41, 5.74) is 6.46. The van der Waals surface area contributed by atoms with Gasteiger partial charge in [-0.1, -0.05) is 0 Å². The molecule has 7 heteroatoms. The van der Waals surface area contributed by atoms with Crippen LogP contribution in [0.4, 0.5) is 18.9 Å². The van der Waals surface area contributed by atoms with E-state index in [0.29, 0.717) is 16.6 Å². The monoisotopic (exact) mass is 257 g/mol. The largest absolute Gasteiger partial charge is 0.464 e. The molecule has 1 heterocycles. The maximum atomic E-state index is 12.4. The minimum Gasteiger partial charge on any atom is -0.464 e. The highest BCUT2D eigenvalue weighted by molar-refractivity contribution is 5.86. The summed E-state index contributed by atoms with van der Waals surface area (Å²) in [5, 5.41) is 0.355. The van der Waals surface area contributed by atoms with Gasteiger partial charge < -0.3 is 10.5 Å². The van der Waals surface area contributed by atoms with Gasteiger partial charge in [0.1, 0.15) is 6.33 Å². The quantitative estimate of drug-likeness (QED) is 0.840. The van der Waals surface area contributed by atoms with Crippen LogP contribution in [0.15, 0.2) is 24.5 Å². The molecular weight excluding hydrogens is 247 g/mol. The van der Waals surface area contributed by atoms with E-state index in [-0.39, 0.29) is 5.88 Å². The Hall–Kier alpha value is -2.05. The van der Waals surface area contributed by atoms with Crippen molar-refractivity contribution in [1.82, 2.24) is 9.97 Å². The number of nitrogen functional groups attached to an aromatic ring is 1. The highest BCUT2D eigenvalue weighted by atomic mass is 19.4. The summed E-state index contributed by atoms with van der Waals surface area (Å²) >= 11 is 0. The number of rotatable bonds is 2. The molecule has 1 aromatic carbocycles. The van der Waals surface area contributed by atoms with Gasteiger partial charge in [-0.25, -0.2) is 9.97 Å². The van der Waals surface area contributed by atoms with Gasteiger partial charge >= 0.3 is 6.18 Å². The van der Waals surface area contributed by atoms with Crippen LogP contribution >= 0.6 is 0 Å². The number of hydrogen-bond donors (Lipinski definition) is 1. The van der Waals surface area contributed by atoms with Crippen LogP contribution in [-0.4, -0.2) is 22.2 Å². The molecule has 0 aliphatic heterocycles. The van der Waals surface area contributed by atoms with Crippen molar-refractivity contribution in [2.75, 3.05) is 5.73 Å². The van der Waals surface area contributed by atoms with Crippen molar-refractivity contribution in [2.24, 2.45) is 0 Å².